The Kier molecular flexibility index (Phi) is 5.77. The van der Waals surface area contributed by atoms with E-state index >= 15 is 0 Å². The lowest BCUT2D eigenvalue weighted by molar-refractivity contribution is -0.0567. The van der Waals surface area contributed by atoms with Crippen LogP contribution in [-0.4, -0.2) is 48.5 Å². The van der Waals surface area contributed by atoms with Crippen molar-refractivity contribution in [2.45, 2.75) is 36.8 Å². The summed E-state index contributed by atoms with van der Waals surface area (Å²) in [4.78, 5) is 2.49. The maximum Gasteiger partial charge on any atom is 0.108 e. The van der Waals surface area contributed by atoms with Crippen molar-refractivity contribution in [1.29, 1.82) is 5.26 Å². The van der Waals surface area contributed by atoms with Gasteiger partial charge in [-0.05, 0) is 36.3 Å². The molecule has 2 aromatic carbocycles. The first kappa shape index (κ1) is 19.1. The Bertz CT molecular complexity index is 763. The van der Waals surface area contributed by atoms with Gasteiger partial charge in [0, 0.05) is 25.7 Å². The number of morpholine rings is 1. The number of benzene rings is 2. The number of aliphatic hydroxyl groups excluding tert-OH is 1. The topological polar surface area (TPSA) is 56.5 Å². The molecule has 3 atom stereocenters. The van der Waals surface area contributed by atoms with Crippen LogP contribution in [0.3, 0.4) is 0 Å². The molecule has 4 heteroatoms. The van der Waals surface area contributed by atoms with Crippen molar-refractivity contribution in [3.63, 3.8) is 0 Å². The third kappa shape index (κ3) is 3.58. The van der Waals surface area contributed by atoms with Gasteiger partial charge in [0.05, 0.1) is 18.8 Å². The molecule has 1 N–H and O–H groups in total. The summed E-state index contributed by atoms with van der Waals surface area (Å²) in [6.07, 6.45) is 2.89. The Morgan fingerprint density at radius 1 is 1.04 bits per heavy atom. The maximum absolute atomic E-state index is 10.4. The number of aliphatic hydroxyl groups is 1. The second kappa shape index (κ2) is 8.45. The molecule has 28 heavy (non-hydrogen) atoms. The van der Waals surface area contributed by atoms with Crippen LogP contribution in [0.1, 0.15) is 30.4 Å². The smallest absolute Gasteiger partial charge is 0.108 e. The molecular formula is C24H28N2O2. The van der Waals surface area contributed by atoms with Gasteiger partial charge >= 0.3 is 0 Å². The zero-order valence-electron chi connectivity index (χ0n) is 16.2. The van der Waals surface area contributed by atoms with E-state index < -0.39 is 5.41 Å². The van der Waals surface area contributed by atoms with Crippen molar-refractivity contribution >= 4 is 0 Å². The number of hydrogen-bond donors (Lipinski definition) is 1. The standard InChI is InChI=1S/C24H28N2O2/c25-18-24(20-7-3-1-4-8-20,21-9-5-2-6-10-21)11-12-26-13-14-28-23-16-19(17-27)15-22(23)26/h1-10,19,22-23,27H,11-17H2/t19-,22+,23?/m1/s1. The van der Waals surface area contributed by atoms with Crippen molar-refractivity contribution in [2.24, 2.45) is 5.92 Å². The largest absolute Gasteiger partial charge is 0.396 e. The molecule has 1 saturated carbocycles. The molecule has 4 nitrogen and oxygen atoms in total. The lowest BCUT2D eigenvalue weighted by Gasteiger charge is -2.39. The molecule has 0 bridgehead atoms. The summed E-state index contributed by atoms with van der Waals surface area (Å²) in [5.41, 5.74) is 1.44. The summed E-state index contributed by atoms with van der Waals surface area (Å²) in [6, 6.07) is 23.3. The molecule has 2 aliphatic rings. The van der Waals surface area contributed by atoms with Gasteiger partial charge in [-0.15, -0.1) is 0 Å². The van der Waals surface area contributed by atoms with Gasteiger partial charge in [-0.25, -0.2) is 0 Å². The Labute approximate surface area is 167 Å². The number of nitrogens with zero attached hydrogens (tertiary/aromatic N) is 2. The highest BCUT2D eigenvalue weighted by molar-refractivity contribution is 5.45. The van der Waals surface area contributed by atoms with Gasteiger partial charge in [-0.1, -0.05) is 60.7 Å². The first-order valence-corrected chi connectivity index (χ1v) is 10.3. The molecule has 0 radical (unpaired) electrons. The molecule has 1 aliphatic carbocycles. The van der Waals surface area contributed by atoms with E-state index in [4.69, 9.17) is 4.74 Å². The summed E-state index contributed by atoms with van der Waals surface area (Å²) < 4.78 is 5.97. The summed E-state index contributed by atoms with van der Waals surface area (Å²) in [6.45, 7) is 2.71. The van der Waals surface area contributed by atoms with Gasteiger partial charge in [0.15, 0.2) is 0 Å². The molecule has 2 aromatic rings. The minimum absolute atomic E-state index is 0.218. The minimum atomic E-state index is -0.661. The highest BCUT2D eigenvalue weighted by atomic mass is 16.5. The van der Waals surface area contributed by atoms with Crippen LogP contribution in [-0.2, 0) is 10.2 Å². The van der Waals surface area contributed by atoms with Crippen LogP contribution in [0.2, 0.25) is 0 Å². The highest BCUT2D eigenvalue weighted by Crippen LogP contribution is 2.38. The van der Waals surface area contributed by atoms with E-state index in [9.17, 15) is 10.4 Å². The van der Waals surface area contributed by atoms with Crippen molar-refractivity contribution in [3.8, 4) is 6.07 Å². The Balaban J connectivity index is 1.59. The lowest BCUT2D eigenvalue weighted by atomic mass is 9.73. The van der Waals surface area contributed by atoms with Crippen LogP contribution in [0.25, 0.3) is 0 Å². The zero-order chi connectivity index (χ0) is 19.4. The van der Waals surface area contributed by atoms with Gasteiger partial charge in [0.2, 0.25) is 0 Å². The SMILES string of the molecule is N#CC(CCN1CCOC2C[C@H](CO)C[C@@H]21)(c1ccccc1)c1ccccc1. The summed E-state index contributed by atoms with van der Waals surface area (Å²) >= 11 is 0. The van der Waals surface area contributed by atoms with Gasteiger partial charge in [0.25, 0.3) is 0 Å². The molecule has 146 valence electrons. The van der Waals surface area contributed by atoms with E-state index in [1.165, 1.54) is 0 Å². The average molecular weight is 377 g/mol. The van der Waals surface area contributed by atoms with Crippen LogP contribution >= 0.6 is 0 Å². The predicted molar refractivity (Wildman–Crippen MR) is 109 cm³/mol. The van der Waals surface area contributed by atoms with E-state index in [-0.39, 0.29) is 12.7 Å². The van der Waals surface area contributed by atoms with E-state index in [2.05, 4.69) is 35.2 Å². The number of ether oxygens (including phenoxy) is 1. The highest BCUT2D eigenvalue weighted by Gasteiger charge is 2.42. The van der Waals surface area contributed by atoms with Gasteiger partial charge in [-0.2, -0.15) is 5.26 Å². The summed E-state index contributed by atoms with van der Waals surface area (Å²) in [7, 11) is 0. The molecule has 4 rings (SSSR count). The number of fused-ring (bicyclic) bond motifs is 1. The molecular weight excluding hydrogens is 348 g/mol. The minimum Gasteiger partial charge on any atom is -0.396 e. The second-order valence-electron chi connectivity index (χ2n) is 8.03. The van der Waals surface area contributed by atoms with Crippen molar-refractivity contribution in [3.05, 3.63) is 71.8 Å². The van der Waals surface area contributed by atoms with Gasteiger partial charge in [-0.3, -0.25) is 4.90 Å². The van der Waals surface area contributed by atoms with Crippen LogP contribution in [0.5, 0.6) is 0 Å². The fraction of sp³-hybridized carbons (Fsp3) is 0.458. The second-order valence-corrected chi connectivity index (χ2v) is 8.03. The molecule has 1 unspecified atom stereocenters. The lowest BCUT2D eigenvalue weighted by Crippen LogP contribution is -2.49. The van der Waals surface area contributed by atoms with E-state index in [1.54, 1.807) is 0 Å². The molecule has 0 aromatic heterocycles. The van der Waals surface area contributed by atoms with Crippen LogP contribution in [0.15, 0.2) is 60.7 Å². The van der Waals surface area contributed by atoms with Crippen LogP contribution < -0.4 is 0 Å². The molecule has 0 spiro atoms. The zero-order valence-corrected chi connectivity index (χ0v) is 16.2. The first-order valence-electron chi connectivity index (χ1n) is 10.3. The van der Waals surface area contributed by atoms with Crippen molar-refractivity contribution in [2.75, 3.05) is 26.3 Å². The predicted octanol–water partition coefficient (Wildman–Crippen LogP) is 3.36. The Morgan fingerprint density at radius 2 is 1.68 bits per heavy atom. The van der Waals surface area contributed by atoms with Crippen molar-refractivity contribution < 1.29 is 9.84 Å². The van der Waals surface area contributed by atoms with E-state index in [1.807, 2.05) is 36.4 Å². The molecule has 1 heterocycles. The molecule has 1 aliphatic heterocycles. The number of nitriles is 1. The average Bonchev–Trinajstić information content (AvgIpc) is 3.20. The van der Waals surface area contributed by atoms with Gasteiger partial charge < -0.3 is 9.84 Å². The maximum atomic E-state index is 10.4. The number of hydrogen-bond acceptors (Lipinski definition) is 4. The van der Waals surface area contributed by atoms with E-state index in [0.717, 1.165) is 50.1 Å². The quantitative estimate of drug-likeness (QED) is 0.840. The van der Waals surface area contributed by atoms with E-state index in [0.29, 0.717) is 12.0 Å². The van der Waals surface area contributed by atoms with Crippen LogP contribution in [0.4, 0.5) is 0 Å². The first-order chi connectivity index (χ1) is 13.8. The summed E-state index contributed by atoms with van der Waals surface area (Å²) in [5, 5.41) is 19.9. The molecule has 1 saturated heterocycles. The molecule has 0 amide bonds. The Hall–Kier alpha value is -2.19. The Morgan fingerprint density at radius 3 is 2.25 bits per heavy atom. The molecule has 2 fully saturated rings. The van der Waals surface area contributed by atoms with Gasteiger partial charge in [0.1, 0.15) is 5.41 Å². The third-order valence-corrected chi connectivity index (χ3v) is 6.51. The third-order valence-electron chi connectivity index (χ3n) is 6.51. The summed E-state index contributed by atoms with van der Waals surface area (Å²) in [5.74, 6) is 0.333. The monoisotopic (exact) mass is 376 g/mol. The van der Waals surface area contributed by atoms with Crippen LogP contribution in [0, 0.1) is 17.2 Å². The fourth-order valence-corrected chi connectivity index (χ4v) is 4.95. The normalized spacial score (nSPS) is 25.2. The number of rotatable bonds is 6. The fourth-order valence-electron chi connectivity index (χ4n) is 4.95. The van der Waals surface area contributed by atoms with Crippen molar-refractivity contribution in [1.82, 2.24) is 4.90 Å².